The van der Waals surface area contributed by atoms with Crippen molar-refractivity contribution in [2.45, 2.75) is 65.0 Å². The minimum absolute atomic E-state index is 0. The van der Waals surface area contributed by atoms with E-state index in [9.17, 15) is 4.79 Å². The Morgan fingerprint density at radius 3 is 2.55 bits per heavy atom. The lowest BCUT2D eigenvalue weighted by Gasteiger charge is -2.32. The molecule has 1 aliphatic heterocycles. The van der Waals surface area contributed by atoms with Gasteiger partial charge in [0.1, 0.15) is 5.76 Å². The quantitative estimate of drug-likeness (QED) is 0.290. The Hall–Kier alpha value is -1.36. The van der Waals surface area contributed by atoms with E-state index in [1.165, 1.54) is 0 Å². The van der Waals surface area contributed by atoms with E-state index in [0.717, 1.165) is 50.6 Å². The first-order valence-corrected chi connectivity index (χ1v) is 10.2. The maximum absolute atomic E-state index is 11.8. The van der Waals surface area contributed by atoms with Crippen molar-refractivity contribution in [3.63, 3.8) is 0 Å². The van der Waals surface area contributed by atoms with Gasteiger partial charge in [-0.2, -0.15) is 0 Å². The number of nitrogens with zero attached hydrogens (tertiary/aromatic N) is 3. The molecule has 0 spiro atoms. The molecule has 9 heteroatoms. The standard InChI is InChI=1S/C20H36N6O2.HI/c1-6-9-22-17(27)14-26-10-7-15(8-11-26)25-19(21-5)24-13-18-23-12-16(28-18)20(2,3)4;/h12,15H,6-11,13-14H2,1-5H3,(H,22,27)(H2,21,24,25);1H. The predicted octanol–water partition coefficient (Wildman–Crippen LogP) is 2.25. The Labute approximate surface area is 191 Å². The van der Waals surface area contributed by atoms with Gasteiger partial charge >= 0.3 is 0 Å². The number of rotatable bonds is 7. The number of nitrogens with one attached hydrogen (secondary N) is 3. The second kappa shape index (κ2) is 12.4. The molecule has 8 nitrogen and oxygen atoms in total. The van der Waals surface area contributed by atoms with Gasteiger partial charge in [0, 0.05) is 38.1 Å². The van der Waals surface area contributed by atoms with E-state index in [4.69, 9.17) is 4.42 Å². The number of halogens is 1. The molecule has 0 radical (unpaired) electrons. The summed E-state index contributed by atoms with van der Waals surface area (Å²) in [5.41, 5.74) is -0.0490. The van der Waals surface area contributed by atoms with Crippen molar-refractivity contribution >= 4 is 35.8 Å². The summed E-state index contributed by atoms with van der Waals surface area (Å²) in [4.78, 5) is 22.7. The van der Waals surface area contributed by atoms with Gasteiger partial charge in [-0.1, -0.05) is 27.7 Å². The fourth-order valence-corrected chi connectivity index (χ4v) is 3.04. The van der Waals surface area contributed by atoms with Gasteiger partial charge in [0.2, 0.25) is 11.8 Å². The number of carbonyl (C=O) groups is 1. The molecule has 1 saturated heterocycles. The molecule has 1 fully saturated rings. The Bertz CT molecular complexity index is 648. The molecule has 1 amide bonds. The molecule has 1 aromatic rings. The van der Waals surface area contributed by atoms with Crippen molar-refractivity contribution < 1.29 is 9.21 Å². The van der Waals surface area contributed by atoms with Crippen LogP contribution in [0, 0.1) is 0 Å². The molecular formula is C20H37IN6O2. The first-order chi connectivity index (χ1) is 13.3. The van der Waals surface area contributed by atoms with Crippen molar-refractivity contribution in [2.75, 3.05) is 33.2 Å². The molecule has 0 saturated carbocycles. The zero-order valence-electron chi connectivity index (χ0n) is 18.4. The van der Waals surface area contributed by atoms with Crippen molar-refractivity contribution in [3.05, 3.63) is 17.8 Å². The normalized spacial score (nSPS) is 16.2. The zero-order valence-corrected chi connectivity index (χ0v) is 20.7. The summed E-state index contributed by atoms with van der Waals surface area (Å²) >= 11 is 0. The molecule has 1 aliphatic rings. The van der Waals surface area contributed by atoms with Crippen LogP contribution in [0.25, 0.3) is 0 Å². The number of piperidine rings is 1. The molecule has 2 rings (SSSR count). The third-order valence-corrected chi connectivity index (χ3v) is 4.79. The highest BCUT2D eigenvalue weighted by Gasteiger charge is 2.22. The number of hydrogen-bond donors (Lipinski definition) is 3. The number of likely N-dealkylation sites (tertiary alicyclic amines) is 1. The van der Waals surface area contributed by atoms with Crippen LogP contribution >= 0.6 is 24.0 Å². The van der Waals surface area contributed by atoms with Gasteiger partial charge in [0.15, 0.2) is 5.96 Å². The minimum Gasteiger partial charge on any atom is -0.443 e. The van der Waals surface area contributed by atoms with Crippen LogP contribution in [0.5, 0.6) is 0 Å². The average molecular weight is 520 g/mol. The molecule has 0 aromatic carbocycles. The van der Waals surface area contributed by atoms with Crippen LogP contribution in [-0.4, -0.2) is 61.0 Å². The second-order valence-corrected chi connectivity index (χ2v) is 8.34. The van der Waals surface area contributed by atoms with Crippen LogP contribution in [-0.2, 0) is 16.8 Å². The summed E-state index contributed by atoms with van der Waals surface area (Å²) < 4.78 is 5.81. The molecule has 1 aromatic heterocycles. The van der Waals surface area contributed by atoms with Gasteiger partial charge < -0.3 is 20.4 Å². The fourth-order valence-electron chi connectivity index (χ4n) is 3.04. The highest BCUT2D eigenvalue weighted by Crippen LogP contribution is 2.22. The highest BCUT2D eigenvalue weighted by atomic mass is 127. The lowest BCUT2D eigenvalue weighted by molar-refractivity contribution is -0.122. The molecule has 166 valence electrons. The summed E-state index contributed by atoms with van der Waals surface area (Å²) in [7, 11) is 1.76. The van der Waals surface area contributed by atoms with Crippen LogP contribution in [0.3, 0.4) is 0 Å². The van der Waals surface area contributed by atoms with E-state index in [1.54, 1.807) is 13.2 Å². The number of guanidine groups is 1. The van der Waals surface area contributed by atoms with Crippen LogP contribution in [0.2, 0.25) is 0 Å². The van der Waals surface area contributed by atoms with Crippen molar-refractivity contribution in [3.8, 4) is 0 Å². The first kappa shape index (κ1) is 25.7. The molecule has 2 heterocycles. The number of oxazole rings is 1. The van der Waals surface area contributed by atoms with Crippen molar-refractivity contribution in [1.29, 1.82) is 0 Å². The van der Waals surface area contributed by atoms with E-state index in [-0.39, 0.29) is 35.3 Å². The smallest absolute Gasteiger partial charge is 0.234 e. The Morgan fingerprint density at radius 1 is 1.31 bits per heavy atom. The van der Waals surface area contributed by atoms with Gasteiger partial charge in [-0.05, 0) is 19.3 Å². The van der Waals surface area contributed by atoms with Crippen LogP contribution in [0.4, 0.5) is 0 Å². The number of carbonyl (C=O) groups excluding carboxylic acids is 1. The molecule has 29 heavy (non-hydrogen) atoms. The highest BCUT2D eigenvalue weighted by molar-refractivity contribution is 14.0. The van der Waals surface area contributed by atoms with Gasteiger partial charge in [-0.25, -0.2) is 4.98 Å². The summed E-state index contributed by atoms with van der Waals surface area (Å²) in [6.07, 6.45) is 4.72. The SMILES string of the molecule is CCCNC(=O)CN1CCC(NC(=NC)NCc2ncc(C(C)(C)C)o2)CC1.I. The first-order valence-electron chi connectivity index (χ1n) is 10.2. The Balaban J connectivity index is 0.00000420. The van der Waals surface area contributed by atoms with Crippen molar-refractivity contribution in [1.82, 2.24) is 25.8 Å². The van der Waals surface area contributed by atoms with Crippen LogP contribution < -0.4 is 16.0 Å². The maximum atomic E-state index is 11.8. The topological polar surface area (TPSA) is 94.8 Å². The Kier molecular flexibility index (Phi) is 10.9. The fraction of sp³-hybridized carbons (Fsp3) is 0.750. The monoisotopic (exact) mass is 520 g/mol. The zero-order chi connectivity index (χ0) is 20.6. The largest absolute Gasteiger partial charge is 0.443 e. The van der Waals surface area contributed by atoms with Gasteiger partial charge in [-0.3, -0.25) is 14.7 Å². The van der Waals surface area contributed by atoms with Crippen LogP contribution in [0.15, 0.2) is 15.6 Å². The van der Waals surface area contributed by atoms with E-state index >= 15 is 0 Å². The summed E-state index contributed by atoms with van der Waals surface area (Å²) in [5, 5.41) is 9.67. The number of hydrogen-bond acceptors (Lipinski definition) is 5. The molecule has 0 unspecified atom stereocenters. The van der Waals surface area contributed by atoms with Crippen LogP contribution in [0.1, 0.15) is 58.6 Å². The van der Waals surface area contributed by atoms with E-state index in [1.807, 2.05) is 0 Å². The predicted molar refractivity (Wildman–Crippen MR) is 127 cm³/mol. The summed E-state index contributed by atoms with van der Waals surface area (Å²) in [6.45, 7) is 11.9. The lowest BCUT2D eigenvalue weighted by Crippen LogP contribution is -2.50. The third-order valence-electron chi connectivity index (χ3n) is 4.79. The van der Waals surface area contributed by atoms with E-state index in [2.05, 4.69) is 58.5 Å². The second-order valence-electron chi connectivity index (χ2n) is 8.34. The van der Waals surface area contributed by atoms with E-state index < -0.39 is 0 Å². The van der Waals surface area contributed by atoms with E-state index in [0.29, 0.717) is 25.0 Å². The molecule has 0 atom stereocenters. The maximum Gasteiger partial charge on any atom is 0.234 e. The number of aromatic nitrogens is 1. The third kappa shape index (κ3) is 8.90. The summed E-state index contributed by atoms with van der Waals surface area (Å²) in [6, 6.07) is 0.343. The van der Waals surface area contributed by atoms with Gasteiger partial charge in [-0.15, -0.1) is 24.0 Å². The molecular weight excluding hydrogens is 483 g/mol. The van der Waals surface area contributed by atoms with Crippen molar-refractivity contribution in [2.24, 2.45) is 4.99 Å². The molecule has 3 N–H and O–H groups in total. The number of amides is 1. The molecule has 0 aliphatic carbocycles. The minimum atomic E-state index is -0.0490. The molecule has 0 bridgehead atoms. The lowest BCUT2D eigenvalue weighted by atomic mass is 9.94. The van der Waals surface area contributed by atoms with Gasteiger partial charge in [0.05, 0.1) is 19.3 Å². The number of aliphatic imine (C=N–C) groups is 1. The summed E-state index contributed by atoms with van der Waals surface area (Å²) in [5.74, 6) is 2.39. The average Bonchev–Trinajstić information content (AvgIpc) is 3.14. The van der Waals surface area contributed by atoms with Gasteiger partial charge in [0.25, 0.3) is 0 Å². The Morgan fingerprint density at radius 2 is 2.00 bits per heavy atom.